The van der Waals surface area contributed by atoms with Crippen LogP contribution in [0.4, 0.5) is 5.69 Å². The van der Waals surface area contributed by atoms with Crippen LogP contribution in [-0.2, 0) is 16.0 Å². The van der Waals surface area contributed by atoms with E-state index in [1.54, 1.807) is 6.92 Å². The van der Waals surface area contributed by atoms with E-state index in [0.29, 0.717) is 5.56 Å². The fourth-order valence-electron chi connectivity index (χ4n) is 1.38. The average molecular weight is 313 g/mol. The lowest BCUT2D eigenvalue weighted by molar-refractivity contribution is -0.385. The molecule has 0 aromatic heterocycles. The van der Waals surface area contributed by atoms with E-state index in [4.69, 9.17) is 10.00 Å². The number of esters is 1. The second-order valence-corrected chi connectivity index (χ2v) is 4.08. The Kier molecular flexibility index (Phi) is 4.80. The van der Waals surface area contributed by atoms with Crippen LogP contribution in [-0.4, -0.2) is 17.5 Å². The molecule has 0 spiro atoms. The van der Waals surface area contributed by atoms with Crippen molar-refractivity contribution in [3.05, 3.63) is 37.8 Å². The Morgan fingerprint density at radius 2 is 2.28 bits per heavy atom. The number of hydrogen-bond acceptors (Lipinski definition) is 5. The Hall–Kier alpha value is -1.94. The molecule has 0 heterocycles. The van der Waals surface area contributed by atoms with Crippen molar-refractivity contribution in [2.75, 3.05) is 6.61 Å². The van der Waals surface area contributed by atoms with Gasteiger partial charge in [-0.1, -0.05) is 6.07 Å². The first-order chi connectivity index (χ1) is 8.51. The van der Waals surface area contributed by atoms with Crippen molar-refractivity contribution in [2.24, 2.45) is 0 Å². The van der Waals surface area contributed by atoms with Gasteiger partial charge >= 0.3 is 5.97 Å². The van der Waals surface area contributed by atoms with E-state index in [2.05, 4.69) is 15.9 Å². The number of nitriles is 1. The fraction of sp³-hybridized carbons (Fsp3) is 0.273. The molecule has 18 heavy (non-hydrogen) atoms. The van der Waals surface area contributed by atoms with Gasteiger partial charge in [-0.05, 0) is 28.4 Å². The summed E-state index contributed by atoms with van der Waals surface area (Å²) in [7, 11) is 0. The molecule has 6 nitrogen and oxygen atoms in total. The van der Waals surface area contributed by atoms with Gasteiger partial charge in [0.2, 0.25) is 0 Å². The topological polar surface area (TPSA) is 93.2 Å². The molecule has 0 saturated carbocycles. The Labute approximate surface area is 111 Å². The Morgan fingerprint density at radius 3 is 2.78 bits per heavy atom. The highest BCUT2D eigenvalue weighted by atomic mass is 79.9. The lowest BCUT2D eigenvalue weighted by Gasteiger charge is -2.06. The number of halogens is 1. The van der Waals surface area contributed by atoms with Crippen molar-refractivity contribution in [2.45, 2.75) is 13.3 Å². The van der Waals surface area contributed by atoms with E-state index in [1.165, 1.54) is 12.1 Å². The van der Waals surface area contributed by atoms with Crippen LogP contribution in [0.15, 0.2) is 16.6 Å². The first-order valence-corrected chi connectivity index (χ1v) is 5.82. The molecule has 0 fully saturated rings. The van der Waals surface area contributed by atoms with Gasteiger partial charge in [0.1, 0.15) is 10.5 Å². The molecular formula is C11H9BrN2O4. The Balaban J connectivity index is 3.16. The zero-order valence-electron chi connectivity index (χ0n) is 9.47. The molecule has 1 rings (SSSR count). The molecule has 0 saturated heterocycles. The molecule has 0 aliphatic rings. The molecule has 94 valence electrons. The molecule has 0 unspecified atom stereocenters. The monoisotopic (exact) mass is 312 g/mol. The summed E-state index contributed by atoms with van der Waals surface area (Å²) in [6.45, 7) is 1.92. The van der Waals surface area contributed by atoms with Gasteiger partial charge in [-0.25, -0.2) is 0 Å². The second kappa shape index (κ2) is 6.12. The number of carbonyl (C=O) groups is 1. The maximum absolute atomic E-state index is 11.3. The summed E-state index contributed by atoms with van der Waals surface area (Å²) in [6, 6.07) is 4.48. The number of nitro groups is 1. The summed E-state index contributed by atoms with van der Waals surface area (Å²) in [5, 5.41) is 19.7. The van der Waals surface area contributed by atoms with E-state index in [-0.39, 0.29) is 28.8 Å². The minimum Gasteiger partial charge on any atom is -0.466 e. The van der Waals surface area contributed by atoms with Crippen molar-refractivity contribution in [3.63, 3.8) is 0 Å². The maximum atomic E-state index is 11.3. The van der Waals surface area contributed by atoms with Gasteiger partial charge in [0.15, 0.2) is 0 Å². The molecule has 0 radical (unpaired) electrons. The van der Waals surface area contributed by atoms with Crippen molar-refractivity contribution >= 4 is 27.6 Å². The summed E-state index contributed by atoms with van der Waals surface area (Å²) in [5.41, 5.74) is 0.268. The van der Waals surface area contributed by atoms with Gasteiger partial charge in [-0.2, -0.15) is 5.26 Å². The number of nitro benzene ring substituents is 1. The predicted octanol–water partition coefficient (Wildman–Crippen LogP) is 2.33. The number of rotatable bonds is 4. The van der Waals surface area contributed by atoms with E-state index < -0.39 is 10.9 Å². The van der Waals surface area contributed by atoms with E-state index in [1.807, 2.05) is 6.07 Å². The standard InChI is InChI=1S/C11H9BrN2O4/c1-2-18-10(15)5-7-3-4-9(14(16)17)11(12)8(7)6-13/h3-4H,2,5H2,1H3. The quantitative estimate of drug-likeness (QED) is 0.483. The van der Waals surface area contributed by atoms with Gasteiger partial charge in [0, 0.05) is 6.07 Å². The smallest absolute Gasteiger partial charge is 0.310 e. The molecule has 0 N–H and O–H groups in total. The second-order valence-electron chi connectivity index (χ2n) is 3.28. The van der Waals surface area contributed by atoms with Crippen LogP contribution in [0.3, 0.4) is 0 Å². The molecular weight excluding hydrogens is 304 g/mol. The SMILES string of the molecule is CCOC(=O)Cc1ccc([N+](=O)[O-])c(Br)c1C#N. The van der Waals surface area contributed by atoms with Gasteiger partial charge in [0.25, 0.3) is 5.69 Å². The number of nitrogens with zero attached hydrogens (tertiary/aromatic N) is 2. The molecule has 0 aliphatic heterocycles. The first-order valence-electron chi connectivity index (χ1n) is 5.02. The van der Waals surface area contributed by atoms with Gasteiger partial charge < -0.3 is 4.74 Å². The third-order valence-electron chi connectivity index (χ3n) is 2.16. The summed E-state index contributed by atoms with van der Waals surface area (Å²) in [4.78, 5) is 21.4. The normalized spacial score (nSPS) is 9.61. The van der Waals surface area contributed by atoms with Crippen LogP contribution in [0.1, 0.15) is 18.1 Å². The third-order valence-corrected chi connectivity index (χ3v) is 2.96. The van der Waals surface area contributed by atoms with Gasteiger partial charge in [0.05, 0.1) is 23.5 Å². The molecule has 1 aromatic carbocycles. The van der Waals surface area contributed by atoms with Crippen LogP contribution in [0, 0.1) is 21.4 Å². The summed E-state index contributed by atoms with van der Waals surface area (Å²) in [5.74, 6) is -0.477. The summed E-state index contributed by atoms with van der Waals surface area (Å²) in [6.07, 6.45) is -0.0900. The zero-order chi connectivity index (χ0) is 13.7. The predicted molar refractivity (Wildman–Crippen MR) is 65.8 cm³/mol. The van der Waals surface area contributed by atoms with Crippen molar-refractivity contribution in [1.82, 2.24) is 0 Å². The molecule has 0 aliphatic carbocycles. The summed E-state index contributed by atoms with van der Waals surface area (Å²) >= 11 is 3.01. The fourth-order valence-corrected chi connectivity index (χ4v) is 2.00. The number of benzene rings is 1. The van der Waals surface area contributed by atoms with Crippen LogP contribution >= 0.6 is 15.9 Å². The van der Waals surface area contributed by atoms with Crippen LogP contribution < -0.4 is 0 Å². The minimum atomic E-state index is -0.598. The largest absolute Gasteiger partial charge is 0.466 e. The highest BCUT2D eigenvalue weighted by Gasteiger charge is 2.20. The van der Waals surface area contributed by atoms with Crippen molar-refractivity contribution in [3.8, 4) is 6.07 Å². The third kappa shape index (κ3) is 3.05. The van der Waals surface area contributed by atoms with Crippen LogP contribution in [0.2, 0.25) is 0 Å². The average Bonchev–Trinajstić information content (AvgIpc) is 2.29. The van der Waals surface area contributed by atoms with E-state index in [9.17, 15) is 14.9 Å². The first kappa shape index (κ1) is 14.1. The van der Waals surface area contributed by atoms with E-state index >= 15 is 0 Å². The maximum Gasteiger partial charge on any atom is 0.310 e. The Morgan fingerprint density at radius 1 is 1.61 bits per heavy atom. The molecule has 0 bridgehead atoms. The lowest BCUT2D eigenvalue weighted by atomic mass is 10.0. The van der Waals surface area contributed by atoms with Crippen LogP contribution in [0.5, 0.6) is 0 Å². The highest BCUT2D eigenvalue weighted by molar-refractivity contribution is 9.10. The minimum absolute atomic E-state index is 0.0804. The van der Waals surface area contributed by atoms with Crippen LogP contribution in [0.25, 0.3) is 0 Å². The van der Waals surface area contributed by atoms with Crippen molar-refractivity contribution < 1.29 is 14.5 Å². The molecule has 0 amide bonds. The zero-order valence-corrected chi connectivity index (χ0v) is 11.1. The van der Waals surface area contributed by atoms with Crippen molar-refractivity contribution in [1.29, 1.82) is 5.26 Å². The van der Waals surface area contributed by atoms with E-state index in [0.717, 1.165) is 0 Å². The number of hydrogen-bond donors (Lipinski definition) is 0. The number of carbonyl (C=O) groups excluding carboxylic acids is 1. The molecule has 0 atom stereocenters. The van der Waals surface area contributed by atoms with Gasteiger partial charge in [-0.15, -0.1) is 0 Å². The Bertz CT molecular complexity index is 537. The summed E-state index contributed by atoms with van der Waals surface area (Å²) < 4.78 is 4.85. The lowest BCUT2D eigenvalue weighted by Crippen LogP contribution is -2.09. The molecule has 7 heteroatoms. The van der Waals surface area contributed by atoms with Gasteiger partial charge in [-0.3, -0.25) is 14.9 Å². The highest BCUT2D eigenvalue weighted by Crippen LogP contribution is 2.30. The number of ether oxygens (including phenoxy) is 1. The molecule has 1 aromatic rings.